The van der Waals surface area contributed by atoms with Crippen molar-refractivity contribution in [3.8, 4) is 0 Å². The van der Waals surface area contributed by atoms with E-state index in [-0.39, 0.29) is 5.91 Å². The van der Waals surface area contributed by atoms with E-state index in [0.29, 0.717) is 19.1 Å². The van der Waals surface area contributed by atoms with Gasteiger partial charge in [0.2, 0.25) is 0 Å². The zero-order valence-corrected chi connectivity index (χ0v) is 8.73. The molecule has 1 aliphatic carbocycles. The molecule has 0 heterocycles. The third kappa shape index (κ3) is 2.36. The summed E-state index contributed by atoms with van der Waals surface area (Å²) in [6.07, 6.45) is 2.25. The van der Waals surface area contributed by atoms with Crippen LogP contribution in [0.5, 0.6) is 0 Å². The normalized spacial score (nSPS) is 15.0. The van der Waals surface area contributed by atoms with E-state index in [4.69, 9.17) is 5.73 Å². The molecule has 0 aliphatic heterocycles. The third-order valence-corrected chi connectivity index (χ3v) is 2.64. The van der Waals surface area contributed by atoms with Gasteiger partial charge in [-0.1, -0.05) is 18.2 Å². The fourth-order valence-electron chi connectivity index (χ4n) is 1.72. The van der Waals surface area contributed by atoms with Crippen LogP contribution in [0.1, 0.15) is 23.2 Å². The minimum Gasteiger partial charge on any atom is -0.334 e. The molecule has 1 aromatic carbocycles. The van der Waals surface area contributed by atoms with Crippen molar-refractivity contribution < 1.29 is 4.79 Å². The first-order valence-electron chi connectivity index (χ1n) is 5.39. The number of benzene rings is 1. The molecule has 0 spiro atoms. The lowest BCUT2D eigenvalue weighted by Crippen LogP contribution is -2.37. The Hall–Kier alpha value is -1.35. The average Bonchev–Trinajstić information content (AvgIpc) is 3.10. The number of hydrogen-bond donors (Lipinski definition) is 1. The van der Waals surface area contributed by atoms with Gasteiger partial charge < -0.3 is 10.6 Å². The summed E-state index contributed by atoms with van der Waals surface area (Å²) in [5.41, 5.74) is 6.28. The lowest BCUT2D eigenvalue weighted by Gasteiger charge is -2.21. The number of nitrogens with two attached hydrogens (primary N) is 1. The number of amides is 1. The molecule has 1 aliphatic rings. The predicted molar refractivity (Wildman–Crippen MR) is 59.6 cm³/mol. The number of rotatable bonds is 4. The van der Waals surface area contributed by atoms with Gasteiger partial charge in [-0.25, -0.2) is 0 Å². The van der Waals surface area contributed by atoms with Crippen molar-refractivity contribution in [1.82, 2.24) is 4.90 Å². The van der Waals surface area contributed by atoms with Crippen molar-refractivity contribution in [2.45, 2.75) is 18.9 Å². The van der Waals surface area contributed by atoms with Crippen molar-refractivity contribution in [3.63, 3.8) is 0 Å². The summed E-state index contributed by atoms with van der Waals surface area (Å²) in [6, 6.07) is 9.84. The van der Waals surface area contributed by atoms with Crippen molar-refractivity contribution in [1.29, 1.82) is 0 Å². The van der Waals surface area contributed by atoms with Crippen LogP contribution in [0.3, 0.4) is 0 Å². The Morgan fingerprint density at radius 3 is 2.53 bits per heavy atom. The van der Waals surface area contributed by atoms with Crippen LogP contribution in [0.2, 0.25) is 0 Å². The maximum Gasteiger partial charge on any atom is 0.254 e. The molecule has 15 heavy (non-hydrogen) atoms. The molecule has 0 unspecified atom stereocenters. The molecular weight excluding hydrogens is 188 g/mol. The molecule has 2 N–H and O–H groups in total. The molecule has 0 saturated heterocycles. The average molecular weight is 204 g/mol. The van der Waals surface area contributed by atoms with Crippen molar-refractivity contribution >= 4 is 5.91 Å². The maximum absolute atomic E-state index is 12.1. The van der Waals surface area contributed by atoms with E-state index in [9.17, 15) is 4.79 Å². The quantitative estimate of drug-likeness (QED) is 0.802. The SMILES string of the molecule is NCCN(C(=O)c1ccccc1)C1CC1. The monoisotopic (exact) mass is 204 g/mol. The highest BCUT2D eigenvalue weighted by Crippen LogP contribution is 2.27. The molecule has 1 aromatic rings. The highest BCUT2D eigenvalue weighted by molar-refractivity contribution is 5.94. The zero-order chi connectivity index (χ0) is 10.7. The first-order valence-corrected chi connectivity index (χ1v) is 5.39. The minimum absolute atomic E-state index is 0.114. The van der Waals surface area contributed by atoms with E-state index in [1.165, 1.54) is 0 Å². The van der Waals surface area contributed by atoms with Crippen LogP contribution < -0.4 is 5.73 Å². The fraction of sp³-hybridized carbons (Fsp3) is 0.417. The van der Waals surface area contributed by atoms with Gasteiger partial charge in [0, 0.05) is 24.7 Å². The summed E-state index contributed by atoms with van der Waals surface area (Å²) in [6.45, 7) is 1.20. The fourth-order valence-corrected chi connectivity index (χ4v) is 1.72. The minimum atomic E-state index is 0.114. The molecule has 2 rings (SSSR count). The summed E-state index contributed by atoms with van der Waals surface area (Å²) >= 11 is 0. The molecular formula is C12H16N2O. The Labute approximate surface area is 89.9 Å². The van der Waals surface area contributed by atoms with Gasteiger partial charge in [0.25, 0.3) is 5.91 Å². The number of nitrogens with zero attached hydrogens (tertiary/aromatic N) is 1. The number of hydrogen-bond acceptors (Lipinski definition) is 2. The second-order valence-corrected chi connectivity index (χ2v) is 3.88. The molecule has 0 atom stereocenters. The molecule has 0 bridgehead atoms. The van der Waals surface area contributed by atoms with Crippen molar-refractivity contribution in [2.24, 2.45) is 5.73 Å². The summed E-state index contributed by atoms with van der Waals surface area (Å²) < 4.78 is 0. The van der Waals surface area contributed by atoms with Gasteiger partial charge >= 0.3 is 0 Å². The lowest BCUT2D eigenvalue weighted by atomic mass is 10.2. The highest BCUT2D eigenvalue weighted by atomic mass is 16.2. The van der Waals surface area contributed by atoms with Crippen LogP contribution in [0.4, 0.5) is 0 Å². The first kappa shape index (κ1) is 10.2. The van der Waals surface area contributed by atoms with Gasteiger partial charge in [-0.15, -0.1) is 0 Å². The summed E-state index contributed by atoms with van der Waals surface area (Å²) in [7, 11) is 0. The van der Waals surface area contributed by atoms with Crippen LogP contribution in [0.15, 0.2) is 30.3 Å². The second kappa shape index (κ2) is 4.45. The molecule has 3 nitrogen and oxygen atoms in total. The standard InChI is InChI=1S/C12H16N2O/c13-8-9-14(11-6-7-11)12(15)10-4-2-1-3-5-10/h1-5,11H,6-9,13H2. The van der Waals surface area contributed by atoms with Gasteiger partial charge in [0.15, 0.2) is 0 Å². The van der Waals surface area contributed by atoms with Crippen molar-refractivity contribution in [3.05, 3.63) is 35.9 Å². The summed E-state index contributed by atoms with van der Waals surface area (Å²) in [4.78, 5) is 14.0. The van der Waals surface area contributed by atoms with E-state index in [1.807, 2.05) is 35.2 Å². The van der Waals surface area contributed by atoms with Crippen LogP contribution >= 0.6 is 0 Å². The Morgan fingerprint density at radius 1 is 1.33 bits per heavy atom. The van der Waals surface area contributed by atoms with Gasteiger partial charge in [0.05, 0.1) is 0 Å². The molecule has 80 valence electrons. The Balaban J connectivity index is 2.10. The first-order chi connectivity index (χ1) is 7.33. The number of carbonyl (C=O) groups excluding carboxylic acids is 1. The highest BCUT2D eigenvalue weighted by Gasteiger charge is 2.32. The van der Waals surface area contributed by atoms with E-state index in [2.05, 4.69) is 0 Å². The maximum atomic E-state index is 12.1. The lowest BCUT2D eigenvalue weighted by molar-refractivity contribution is 0.0748. The van der Waals surface area contributed by atoms with Gasteiger partial charge in [0.1, 0.15) is 0 Å². The summed E-state index contributed by atoms with van der Waals surface area (Å²) in [5, 5.41) is 0. The second-order valence-electron chi connectivity index (χ2n) is 3.88. The van der Waals surface area contributed by atoms with E-state index in [1.54, 1.807) is 0 Å². The molecule has 3 heteroatoms. The summed E-state index contributed by atoms with van der Waals surface area (Å²) in [5.74, 6) is 0.114. The van der Waals surface area contributed by atoms with Gasteiger partial charge in [-0.2, -0.15) is 0 Å². The van der Waals surface area contributed by atoms with E-state index < -0.39 is 0 Å². The van der Waals surface area contributed by atoms with Gasteiger partial charge in [-0.3, -0.25) is 4.79 Å². The Bertz CT molecular complexity index is 333. The molecule has 1 saturated carbocycles. The predicted octanol–water partition coefficient (Wildman–Crippen LogP) is 1.25. The van der Waals surface area contributed by atoms with Crippen LogP contribution in [0, 0.1) is 0 Å². The van der Waals surface area contributed by atoms with Crippen LogP contribution in [-0.2, 0) is 0 Å². The molecule has 1 fully saturated rings. The Morgan fingerprint density at radius 2 is 2.00 bits per heavy atom. The topological polar surface area (TPSA) is 46.3 Å². The van der Waals surface area contributed by atoms with Gasteiger partial charge in [-0.05, 0) is 25.0 Å². The molecule has 0 radical (unpaired) electrons. The van der Waals surface area contributed by atoms with Crippen LogP contribution in [-0.4, -0.2) is 29.9 Å². The van der Waals surface area contributed by atoms with E-state index in [0.717, 1.165) is 18.4 Å². The largest absolute Gasteiger partial charge is 0.334 e. The molecule has 0 aromatic heterocycles. The number of carbonyl (C=O) groups is 1. The van der Waals surface area contributed by atoms with Crippen LogP contribution in [0.25, 0.3) is 0 Å². The Kier molecular flexibility index (Phi) is 3.02. The van der Waals surface area contributed by atoms with Crippen molar-refractivity contribution in [2.75, 3.05) is 13.1 Å². The third-order valence-electron chi connectivity index (χ3n) is 2.64. The smallest absolute Gasteiger partial charge is 0.254 e. The zero-order valence-electron chi connectivity index (χ0n) is 8.73. The molecule has 1 amide bonds. The van der Waals surface area contributed by atoms with E-state index >= 15 is 0 Å².